The van der Waals surface area contributed by atoms with Crippen LogP contribution in [0.15, 0.2) is 24.3 Å². The second-order valence-electron chi connectivity index (χ2n) is 11.1. The molecule has 0 spiro atoms. The molecule has 0 aromatic heterocycles. The van der Waals surface area contributed by atoms with E-state index in [4.69, 9.17) is 4.74 Å². The monoisotopic (exact) mass is 503 g/mol. The number of aryl methyl sites for hydroxylation is 1. The Morgan fingerprint density at radius 2 is 1.67 bits per heavy atom. The zero-order chi connectivity index (χ0) is 27.5. The number of amides is 3. The van der Waals surface area contributed by atoms with Crippen molar-refractivity contribution in [3.63, 3.8) is 0 Å². The van der Waals surface area contributed by atoms with Crippen LogP contribution in [0.5, 0.6) is 0 Å². The first kappa shape index (κ1) is 31.5. The minimum Gasteiger partial charge on any atom is -0.444 e. The number of carbonyl (C=O) groups is 3. The van der Waals surface area contributed by atoms with Crippen LogP contribution in [-0.2, 0) is 14.3 Å². The molecule has 0 saturated heterocycles. The van der Waals surface area contributed by atoms with E-state index in [1.165, 1.54) is 0 Å². The van der Waals surface area contributed by atoms with Gasteiger partial charge in [0.05, 0.1) is 0 Å². The van der Waals surface area contributed by atoms with Gasteiger partial charge in [-0.25, -0.2) is 4.79 Å². The molecule has 3 unspecified atom stereocenters. The first-order chi connectivity index (χ1) is 16.8. The molecule has 0 aliphatic heterocycles. The summed E-state index contributed by atoms with van der Waals surface area (Å²) in [4.78, 5) is 42.1. The van der Waals surface area contributed by atoms with E-state index in [0.717, 1.165) is 36.8 Å². The molecular weight excluding hydrogens is 454 g/mol. The summed E-state index contributed by atoms with van der Waals surface area (Å²) in [5.41, 5.74) is 1.09. The zero-order valence-electron chi connectivity index (χ0n) is 23.9. The second-order valence-corrected chi connectivity index (χ2v) is 11.1. The summed E-state index contributed by atoms with van der Waals surface area (Å²) in [5.74, 6) is -0.633. The van der Waals surface area contributed by atoms with Crippen molar-refractivity contribution in [3.8, 4) is 0 Å². The van der Waals surface area contributed by atoms with Crippen LogP contribution in [0.3, 0.4) is 0 Å². The van der Waals surface area contributed by atoms with Gasteiger partial charge in [-0.15, -0.1) is 0 Å². The van der Waals surface area contributed by atoms with Gasteiger partial charge in [0, 0.05) is 12.6 Å². The van der Waals surface area contributed by atoms with Gasteiger partial charge in [-0.1, -0.05) is 76.3 Å². The molecule has 1 aromatic rings. The normalized spacial score (nSPS) is 14.1. The summed E-state index contributed by atoms with van der Waals surface area (Å²) in [5, 5.41) is 5.83. The summed E-state index contributed by atoms with van der Waals surface area (Å²) in [7, 11) is 0. The molecule has 0 radical (unpaired) electrons. The third-order valence-corrected chi connectivity index (χ3v) is 6.04. The molecule has 2 N–H and O–H groups in total. The second kappa shape index (κ2) is 14.9. The van der Waals surface area contributed by atoms with Gasteiger partial charge in [0.25, 0.3) is 0 Å². The molecule has 3 amide bonds. The van der Waals surface area contributed by atoms with Gasteiger partial charge in [0.2, 0.25) is 11.8 Å². The minimum absolute atomic E-state index is 0.0768. The van der Waals surface area contributed by atoms with E-state index in [9.17, 15) is 14.4 Å². The summed E-state index contributed by atoms with van der Waals surface area (Å²) < 4.78 is 5.47. The molecule has 0 fully saturated rings. The van der Waals surface area contributed by atoms with E-state index in [2.05, 4.69) is 17.6 Å². The molecule has 36 heavy (non-hydrogen) atoms. The fourth-order valence-corrected chi connectivity index (χ4v) is 4.05. The van der Waals surface area contributed by atoms with E-state index in [-0.39, 0.29) is 23.8 Å². The average molecular weight is 504 g/mol. The maximum atomic E-state index is 14.2. The van der Waals surface area contributed by atoms with Crippen molar-refractivity contribution in [2.24, 2.45) is 5.92 Å². The van der Waals surface area contributed by atoms with Crippen molar-refractivity contribution >= 4 is 17.9 Å². The van der Waals surface area contributed by atoms with Gasteiger partial charge < -0.3 is 20.3 Å². The maximum absolute atomic E-state index is 14.2. The van der Waals surface area contributed by atoms with Crippen LogP contribution in [0.4, 0.5) is 4.79 Å². The number of nitrogens with one attached hydrogen (secondary N) is 2. The molecule has 0 saturated carbocycles. The van der Waals surface area contributed by atoms with Crippen molar-refractivity contribution in [1.29, 1.82) is 0 Å². The highest BCUT2D eigenvalue weighted by molar-refractivity contribution is 5.92. The van der Waals surface area contributed by atoms with Gasteiger partial charge in [-0.3, -0.25) is 9.59 Å². The number of hydrogen-bond acceptors (Lipinski definition) is 4. The van der Waals surface area contributed by atoms with Crippen molar-refractivity contribution in [1.82, 2.24) is 15.5 Å². The highest BCUT2D eigenvalue weighted by Gasteiger charge is 2.38. The highest BCUT2D eigenvalue weighted by Crippen LogP contribution is 2.26. The Balaban J connectivity index is 3.49. The Labute approximate surface area is 218 Å². The smallest absolute Gasteiger partial charge is 0.408 e. The lowest BCUT2D eigenvalue weighted by Gasteiger charge is -2.36. The van der Waals surface area contributed by atoms with Gasteiger partial charge in [-0.2, -0.15) is 0 Å². The molecule has 1 aromatic carbocycles. The van der Waals surface area contributed by atoms with E-state index in [0.29, 0.717) is 13.0 Å². The molecule has 0 aliphatic carbocycles. The average Bonchev–Trinajstić information content (AvgIpc) is 2.76. The Morgan fingerprint density at radius 3 is 2.19 bits per heavy atom. The quantitative estimate of drug-likeness (QED) is 0.328. The molecular formula is C29H49N3O4. The van der Waals surface area contributed by atoms with Crippen LogP contribution in [0.2, 0.25) is 0 Å². The third-order valence-electron chi connectivity index (χ3n) is 6.04. The topological polar surface area (TPSA) is 87.7 Å². The zero-order valence-corrected chi connectivity index (χ0v) is 23.9. The SMILES string of the molecule is CCCCCCN(C(=O)C(NC(=O)OC(C)(C)C)C(C)CC)C(C(=O)NC(C)C)c1cccc(C)c1. The number of ether oxygens (including phenoxy) is 1. The first-order valence-electron chi connectivity index (χ1n) is 13.5. The number of unbranched alkanes of at least 4 members (excludes halogenated alkanes) is 3. The molecule has 0 heterocycles. The fraction of sp³-hybridized carbons (Fsp3) is 0.690. The number of hydrogen-bond donors (Lipinski definition) is 2. The summed E-state index contributed by atoms with van der Waals surface area (Å²) in [6.07, 6.45) is 3.91. The van der Waals surface area contributed by atoms with Gasteiger partial charge in [0.1, 0.15) is 17.7 Å². The number of benzene rings is 1. The number of carbonyl (C=O) groups excluding carboxylic acids is 3. The Hall–Kier alpha value is -2.57. The highest BCUT2D eigenvalue weighted by atomic mass is 16.6. The largest absolute Gasteiger partial charge is 0.444 e. The van der Waals surface area contributed by atoms with Crippen LogP contribution < -0.4 is 10.6 Å². The predicted molar refractivity (Wildman–Crippen MR) is 146 cm³/mol. The number of alkyl carbamates (subject to hydrolysis) is 1. The van der Waals surface area contributed by atoms with Crippen LogP contribution in [0, 0.1) is 12.8 Å². The molecule has 3 atom stereocenters. The third kappa shape index (κ3) is 10.6. The first-order valence-corrected chi connectivity index (χ1v) is 13.5. The molecule has 1 rings (SSSR count). The molecule has 7 nitrogen and oxygen atoms in total. The lowest BCUT2D eigenvalue weighted by atomic mass is 9.95. The summed E-state index contributed by atoms with van der Waals surface area (Å²) >= 11 is 0. The minimum atomic E-state index is -0.810. The molecule has 0 aliphatic rings. The Morgan fingerprint density at radius 1 is 1.00 bits per heavy atom. The predicted octanol–water partition coefficient (Wildman–Crippen LogP) is 5.91. The van der Waals surface area contributed by atoms with Crippen molar-refractivity contribution < 1.29 is 19.1 Å². The Kier molecular flexibility index (Phi) is 13.0. The lowest BCUT2D eigenvalue weighted by molar-refractivity contribution is -0.143. The lowest BCUT2D eigenvalue weighted by Crippen LogP contribution is -2.55. The van der Waals surface area contributed by atoms with Crippen LogP contribution in [-0.4, -0.2) is 47.0 Å². The summed E-state index contributed by atoms with van der Waals surface area (Å²) in [6.45, 7) is 17.6. The number of nitrogens with zero attached hydrogens (tertiary/aromatic N) is 1. The van der Waals surface area contributed by atoms with Crippen LogP contribution in [0.1, 0.15) is 105 Å². The van der Waals surface area contributed by atoms with Crippen molar-refractivity contribution in [2.45, 2.75) is 118 Å². The molecule has 204 valence electrons. The van der Waals surface area contributed by atoms with E-state index in [1.807, 2.05) is 58.9 Å². The maximum Gasteiger partial charge on any atom is 0.408 e. The van der Waals surface area contributed by atoms with E-state index in [1.54, 1.807) is 25.7 Å². The molecule has 7 heteroatoms. The Bertz CT molecular complexity index is 847. The van der Waals surface area contributed by atoms with Gasteiger partial charge in [-0.05, 0) is 59.4 Å². The van der Waals surface area contributed by atoms with E-state index < -0.39 is 23.8 Å². The number of rotatable bonds is 13. The van der Waals surface area contributed by atoms with Crippen molar-refractivity contribution in [2.75, 3.05) is 6.54 Å². The van der Waals surface area contributed by atoms with Gasteiger partial charge in [0.15, 0.2) is 0 Å². The molecule has 0 bridgehead atoms. The van der Waals surface area contributed by atoms with Crippen molar-refractivity contribution in [3.05, 3.63) is 35.4 Å². The van der Waals surface area contributed by atoms with E-state index >= 15 is 0 Å². The van der Waals surface area contributed by atoms with Crippen LogP contribution in [0.25, 0.3) is 0 Å². The fourth-order valence-electron chi connectivity index (χ4n) is 4.05. The standard InChI is InChI=1S/C29H49N3O4/c1-10-12-13-14-18-32(25(26(33)30-20(3)4)23-17-15-16-21(5)19-23)27(34)24(22(6)11-2)31-28(35)36-29(7,8)9/h15-17,19-20,22,24-25H,10-14,18H2,1-9H3,(H,30,33)(H,31,35). The summed E-state index contributed by atoms with van der Waals surface area (Å²) in [6, 6.07) is 6.04. The van der Waals surface area contributed by atoms with Gasteiger partial charge >= 0.3 is 6.09 Å². The van der Waals surface area contributed by atoms with Crippen LogP contribution >= 0.6 is 0 Å².